The minimum atomic E-state index is 0.491. The third-order valence-corrected chi connectivity index (χ3v) is 4.61. The summed E-state index contributed by atoms with van der Waals surface area (Å²) in [6.07, 6.45) is 5.13. The monoisotopic (exact) mass is 275 g/mol. The first kappa shape index (κ1) is 12.8. The van der Waals surface area contributed by atoms with Gasteiger partial charge in [0, 0.05) is 18.6 Å². The van der Waals surface area contributed by atoms with Gasteiger partial charge in [-0.1, -0.05) is 18.0 Å². The van der Waals surface area contributed by atoms with Crippen molar-refractivity contribution in [3.8, 4) is 6.07 Å². The Hall–Kier alpha value is -1.24. The van der Waals surface area contributed by atoms with Gasteiger partial charge < -0.3 is 5.32 Å². The van der Waals surface area contributed by atoms with E-state index in [9.17, 15) is 0 Å². The molecule has 0 aliphatic carbocycles. The Bertz CT molecular complexity index is 509. The normalized spacial score (nSPS) is 26.7. The maximum atomic E-state index is 8.86. The molecule has 2 atom stereocenters. The third kappa shape index (κ3) is 2.56. The van der Waals surface area contributed by atoms with E-state index in [0.717, 1.165) is 5.69 Å². The van der Waals surface area contributed by atoms with Crippen LogP contribution in [0.25, 0.3) is 0 Å². The lowest BCUT2D eigenvalue weighted by atomic mass is 9.99. The van der Waals surface area contributed by atoms with E-state index < -0.39 is 0 Å². The van der Waals surface area contributed by atoms with E-state index in [1.165, 1.54) is 38.8 Å². The van der Waals surface area contributed by atoms with Crippen LogP contribution in [0.5, 0.6) is 0 Å². The largest absolute Gasteiger partial charge is 0.379 e. The molecule has 2 aliphatic heterocycles. The highest BCUT2D eigenvalue weighted by molar-refractivity contribution is 6.33. The molecule has 2 heterocycles. The Morgan fingerprint density at radius 1 is 1.26 bits per heavy atom. The molecule has 2 unspecified atom stereocenters. The average molecular weight is 276 g/mol. The van der Waals surface area contributed by atoms with Gasteiger partial charge in [-0.25, -0.2) is 0 Å². The fourth-order valence-corrected chi connectivity index (χ4v) is 3.55. The maximum Gasteiger partial charge on any atom is 0.0992 e. The molecule has 1 aromatic rings. The first-order valence-electron chi connectivity index (χ1n) is 6.98. The standard InChI is InChI=1S/C15H18ClN3/c16-12-9-11(10-17)4-5-13(12)18-14-6-8-19-7-2-1-3-15(14)19/h4-5,9,14-15,18H,1-3,6-8H2. The average Bonchev–Trinajstić information content (AvgIpc) is 2.84. The van der Waals surface area contributed by atoms with E-state index in [0.29, 0.717) is 22.7 Å². The fourth-order valence-electron chi connectivity index (χ4n) is 3.32. The van der Waals surface area contributed by atoms with Gasteiger partial charge in [0.05, 0.1) is 22.3 Å². The van der Waals surface area contributed by atoms with Crippen molar-refractivity contribution in [1.29, 1.82) is 5.26 Å². The Kier molecular flexibility index (Phi) is 3.63. The van der Waals surface area contributed by atoms with Crippen LogP contribution in [-0.4, -0.2) is 30.1 Å². The van der Waals surface area contributed by atoms with Crippen LogP contribution in [0.15, 0.2) is 18.2 Å². The summed E-state index contributed by atoms with van der Waals surface area (Å²) in [6.45, 7) is 2.43. The quantitative estimate of drug-likeness (QED) is 0.900. The molecule has 2 saturated heterocycles. The predicted molar refractivity (Wildman–Crippen MR) is 77.4 cm³/mol. The lowest BCUT2D eigenvalue weighted by Gasteiger charge is -2.33. The number of nitrogens with one attached hydrogen (secondary N) is 1. The van der Waals surface area contributed by atoms with E-state index in [4.69, 9.17) is 16.9 Å². The van der Waals surface area contributed by atoms with Crippen molar-refractivity contribution < 1.29 is 0 Å². The Balaban J connectivity index is 1.73. The first-order valence-corrected chi connectivity index (χ1v) is 7.36. The number of fused-ring (bicyclic) bond motifs is 1. The van der Waals surface area contributed by atoms with Crippen molar-refractivity contribution in [3.63, 3.8) is 0 Å². The molecule has 1 aromatic carbocycles. The van der Waals surface area contributed by atoms with Gasteiger partial charge in [0.15, 0.2) is 0 Å². The van der Waals surface area contributed by atoms with Gasteiger partial charge in [-0.15, -0.1) is 0 Å². The van der Waals surface area contributed by atoms with Gasteiger partial charge >= 0.3 is 0 Å². The number of benzene rings is 1. The smallest absolute Gasteiger partial charge is 0.0992 e. The minimum absolute atomic E-state index is 0.491. The molecule has 0 bridgehead atoms. The van der Waals surface area contributed by atoms with Crippen LogP contribution in [0.3, 0.4) is 0 Å². The lowest BCUT2D eigenvalue weighted by molar-refractivity contribution is 0.193. The zero-order valence-corrected chi connectivity index (χ0v) is 11.7. The van der Waals surface area contributed by atoms with Gasteiger partial charge in [0.25, 0.3) is 0 Å². The highest BCUT2D eigenvalue weighted by Crippen LogP contribution is 2.31. The van der Waals surface area contributed by atoms with E-state index >= 15 is 0 Å². The summed E-state index contributed by atoms with van der Waals surface area (Å²) in [6, 6.07) is 8.74. The second kappa shape index (κ2) is 5.40. The number of nitriles is 1. The lowest BCUT2D eigenvalue weighted by Crippen LogP contribution is -2.41. The molecule has 100 valence electrons. The Morgan fingerprint density at radius 3 is 2.95 bits per heavy atom. The van der Waals surface area contributed by atoms with Crippen molar-refractivity contribution in [2.75, 3.05) is 18.4 Å². The molecule has 3 rings (SSSR count). The van der Waals surface area contributed by atoms with Crippen molar-refractivity contribution in [2.24, 2.45) is 0 Å². The zero-order valence-electron chi connectivity index (χ0n) is 10.9. The molecule has 0 aromatic heterocycles. The molecular weight excluding hydrogens is 258 g/mol. The summed E-state index contributed by atoms with van der Waals surface area (Å²) in [7, 11) is 0. The summed E-state index contributed by atoms with van der Waals surface area (Å²) in [4.78, 5) is 2.60. The van der Waals surface area contributed by atoms with E-state index in [2.05, 4.69) is 16.3 Å². The Morgan fingerprint density at radius 2 is 2.16 bits per heavy atom. The fraction of sp³-hybridized carbons (Fsp3) is 0.533. The molecule has 3 nitrogen and oxygen atoms in total. The maximum absolute atomic E-state index is 8.86. The van der Waals surface area contributed by atoms with E-state index in [1.807, 2.05) is 12.1 Å². The SMILES string of the molecule is N#Cc1ccc(NC2CCN3CCCCC23)c(Cl)c1. The molecule has 2 fully saturated rings. The highest BCUT2D eigenvalue weighted by Gasteiger charge is 2.35. The number of piperidine rings is 1. The topological polar surface area (TPSA) is 39.1 Å². The second-order valence-electron chi connectivity index (χ2n) is 5.45. The molecule has 2 aliphatic rings. The van der Waals surface area contributed by atoms with E-state index in [-0.39, 0.29) is 0 Å². The molecule has 4 heteroatoms. The Labute approximate surface area is 119 Å². The van der Waals surface area contributed by atoms with Crippen LogP contribution in [0.4, 0.5) is 5.69 Å². The molecule has 19 heavy (non-hydrogen) atoms. The molecule has 1 N–H and O–H groups in total. The predicted octanol–water partition coefficient (Wildman–Crippen LogP) is 3.25. The molecule has 0 amide bonds. The van der Waals surface area contributed by atoms with Crippen molar-refractivity contribution in [3.05, 3.63) is 28.8 Å². The van der Waals surface area contributed by atoms with Crippen molar-refractivity contribution >= 4 is 17.3 Å². The summed E-state index contributed by atoms with van der Waals surface area (Å²) in [5, 5.41) is 13.1. The second-order valence-corrected chi connectivity index (χ2v) is 5.85. The number of rotatable bonds is 2. The van der Waals surface area contributed by atoms with E-state index in [1.54, 1.807) is 6.07 Å². The van der Waals surface area contributed by atoms with Crippen LogP contribution >= 0.6 is 11.6 Å². The van der Waals surface area contributed by atoms with Crippen molar-refractivity contribution in [1.82, 2.24) is 4.90 Å². The van der Waals surface area contributed by atoms with Crippen LogP contribution < -0.4 is 5.32 Å². The molecule has 0 radical (unpaired) electrons. The van der Waals surface area contributed by atoms with Gasteiger partial charge in [0.1, 0.15) is 0 Å². The van der Waals surface area contributed by atoms with Gasteiger partial charge in [-0.05, 0) is 44.0 Å². The van der Waals surface area contributed by atoms with Crippen LogP contribution in [0.1, 0.15) is 31.2 Å². The molecular formula is C15H18ClN3. The summed E-state index contributed by atoms with van der Waals surface area (Å²) >= 11 is 6.23. The number of hydrogen-bond donors (Lipinski definition) is 1. The zero-order chi connectivity index (χ0) is 13.2. The summed E-state index contributed by atoms with van der Waals surface area (Å²) in [5.74, 6) is 0. The van der Waals surface area contributed by atoms with Crippen LogP contribution in [0, 0.1) is 11.3 Å². The summed E-state index contributed by atoms with van der Waals surface area (Å²) in [5.41, 5.74) is 1.57. The minimum Gasteiger partial charge on any atom is -0.379 e. The highest BCUT2D eigenvalue weighted by atomic mass is 35.5. The van der Waals surface area contributed by atoms with Crippen LogP contribution in [0.2, 0.25) is 5.02 Å². The van der Waals surface area contributed by atoms with Gasteiger partial charge in [0.2, 0.25) is 0 Å². The number of nitrogens with zero attached hydrogens (tertiary/aromatic N) is 2. The number of hydrogen-bond acceptors (Lipinski definition) is 3. The number of halogens is 1. The number of anilines is 1. The molecule has 0 spiro atoms. The van der Waals surface area contributed by atoms with Crippen molar-refractivity contribution in [2.45, 2.75) is 37.8 Å². The first-order chi connectivity index (χ1) is 9.28. The van der Waals surface area contributed by atoms with Gasteiger partial charge in [-0.3, -0.25) is 4.90 Å². The summed E-state index contributed by atoms with van der Waals surface area (Å²) < 4.78 is 0. The van der Waals surface area contributed by atoms with Crippen LogP contribution in [-0.2, 0) is 0 Å². The third-order valence-electron chi connectivity index (χ3n) is 4.30. The molecule has 0 saturated carbocycles. The van der Waals surface area contributed by atoms with Gasteiger partial charge in [-0.2, -0.15) is 5.26 Å².